The number of nitrogens with zero attached hydrogens (tertiary/aromatic N) is 2. The van der Waals surface area contributed by atoms with Crippen LogP contribution in [0.25, 0.3) is 22.3 Å². The lowest BCUT2D eigenvalue weighted by molar-refractivity contribution is 0.0988. The molecule has 0 aliphatic carbocycles. The lowest BCUT2D eigenvalue weighted by Gasteiger charge is -2.19. The van der Waals surface area contributed by atoms with Gasteiger partial charge < -0.3 is 24.4 Å². The van der Waals surface area contributed by atoms with E-state index in [1.54, 1.807) is 32.2 Å². The SMILES string of the molecule is Cc1cc([C@@H](C)Oc2ccc(Cl)nc2C(N)=O)c2oc(-c3cnc4c(c3)OCO4)c(C)c(=O)c2c1. The average molecular weight is 494 g/mol. The van der Waals surface area contributed by atoms with Gasteiger partial charge in [-0.25, -0.2) is 9.97 Å². The van der Waals surface area contributed by atoms with Crippen molar-refractivity contribution in [2.24, 2.45) is 5.73 Å². The summed E-state index contributed by atoms with van der Waals surface area (Å²) in [6.07, 6.45) is 0.934. The minimum absolute atomic E-state index is 0.0809. The van der Waals surface area contributed by atoms with Crippen molar-refractivity contribution in [3.8, 4) is 28.7 Å². The number of carbonyl (C=O) groups excluding carboxylic acids is 1. The van der Waals surface area contributed by atoms with Gasteiger partial charge in [0.25, 0.3) is 11.8 Å². The first kappa shape index (κ1) is 22.7. The predicted octanol–water partition coefficient (Wildman–Crippen LogP) is 4.49. The van der Waals surface area contributed by atoms with Gasteiger partial charge in [0.1, 0.15) is 22.6 Å². The maximum Gasteiger partial charge on any atom is 0.271 e. The fourth-order valence-electron chi connectivity index (χ4n) is 4.01. The van der Waals surface area contributed by atoms with E-state index in [9.17, 15) is 9.59 Å². The molecule has 0 radical (unpaired) electrons. The Bertz CT molecular complexity index is 1570. The van der Waals surface area contributed by atoms with Gasteiger partial charge in [-0.2, -0.15) is 0 Å². The van der Waals surface area contributed by atoms with Crippen molar-refractivity contribution in [3.05, 3.63) is 74.3 Å². The number of primary amides is 1. The zero-order valence-corrected chi connectivity index (χ0v) is 19.8. The van der Waals surface area contributed by atoms with Crippen molar-refractivity contribution in [1.82, 2.24) is 9.97 Å². The van der Waals surface area contributed by atoms with Gasteiger partial charge in [0, 0.05) is 22.9 Å². The largest absolute Gasteiger partial charge is 0.483 e. The number of hydrogen-bond acceptors (Lipinski definition) is 8. The number of fused-ring (bicyclic) bond motifs is 2. The Labute approximate surface area is 204 Å². The molecule has 0 spiro atoms. The molecule has 0 bridgehead atoms. The van der Waals surface area contributed by atoms with Gasteiger partial charge in [0.15, 0.2) is 22.6 Å². The summed E-state index contributed by atoms with van der Waals surface area (Å²) in [6.45, 7) is 5.43. The van der Waals surface area contributed by atoms with Gasteiger partial charge in [0.2, 0.25) is 6.79 Å². The Balaban J connectivity index is 1.65. The van der Waals surface area contributed by atoms with Crippen molar-refractivity contribution < 1.29 is 23.4 Å². The van der Waals surface area contributed by atoms with Crippen LogP contribution in [0.1, 0.15) is 40.2 Å². The summed E-state index contributed by atoms with van der Waals surface area (Å²) in [5, 5.41) is 0.526. The topological polar surface area (TPSA) is 127 Å². The molecule has 178 valence electrons. The molecule has 5 rings (SSSR count). The first-order valence-electron chi connectivity index (χ1n) is 10.7. The maximum absolute atomic E-state index is 13.4. The molecule has 1 aromatic carbocycles. The van der Waals surface area contributed by atoms with Gasteiger partial charge in [-0.05, 0) is 56.7 Å². The van der Waals surface area contributed by atoms with Crippen LogP contribution >= 0.6 is 11.6 Å². The summed E-state index contributed by atoms with van der Waals surface area (Å²) in [7, 11) is 0. The summed E-state index contributed by atoms with van der Waals surface area (Å²) in [4.78, 5) is 33.4. The maximum atomic E-state index is 13.4. The second-order valence-corrected chi connectivity index (χ2v) is 8.54. The number of ether oxygens (including phenoxy) is 3. The van der Waals surface area contributed by atoms with E-state index in [4.69, 9.17) is 36.0 Å². The molecule has 4 aromatic rings. The minimum Gasteiger partial charge on any atom is -0.483 e. The predicted molar refractivity (Wildman–Crippen MR) is 128 cm³/mol. The van der Waals surface area contributed by atoms with E-state index in [0.29, 0.717) is 45.0 Å². The highest BCUT2D eigenvalue weighted by atomic mass is 35.5. The summed E-state index contributed by atoms with van der Waals surface area (Å²) >= 11 is 5.91. The molecule has 4 heterocycles. The zero-order chi connectivity index (χ0) is 24.9. The van der Waals surface area contributed by atoms with Crippen LogP contribution < -0.4 is 25.4 Å². The molecule has 10 heteroatoms. The minimum atomic E-state index is -0.774. The van der Waals surface area contributed by atoms with Crippen LogP contribution in [0, 0.1) is 13.8 Å². The summed E-state index contributed by atoms with van der Waals surface area (Å²) in [6, 6.07) is 8.37. The Morgan fingerprint density at radius 1 is 1.20 bits per heavy atom. The Morgan fingerprint density at radius 3 is 2.77 bits per heavy atom. The van der Waals surface area contributed by atoms with E-state index in [0.717, 1.165) is 5.56 Å². The van der Waals surface area contributed by atoms with Gasteiger partial charge >= 0.3 is 0 Å². The Hall–Kier alpha value is -4.11. The van der Waals surface area contributed by atoms with Gasteiger partial charge in [-0.15, -0.1) is 0 Å². The Morgan fingerprint density at radius 2 is 2.00 bits per heavy atom. The number of nitrogens with two attached hydrogens (primary N) is 1. The van der Waals surface area contributed by atoms with Crippen LogP contribution in [0.5, 0.6) is 17.4 Å². The highest BCUT2D eigenvalue weighted by Gasteiger charge is 2.23. The third-order valence-electron chi connectivity index (χ3n) is 5.68. The average Bonchev–Trinajstić information content (AvgIpc) is 3.30. The fraction of sp³-hybridized carbons (Fsp3) is 0.200. The van der Waals surface area contributed by atoms with Gasteiger partial charge in [-0.1, -0.05) is 11.6 Å². The number of pyridine rings is 2. The molecule has 1 atom stereocenters. The number of aryl methyl sites for hydroxylation is 1. The molecule has 1 amide bonds. The van der Waals surface area contributed by atoms with Gasteiger partial charge in [0.05, 0.1) is 5.39 Å². The molecular weight excluding hydrogens is 474 g/mol. The summed E-state index contributed by atoms with van der Waals surface area (Å²) < 4.78 is 23.1. The lowest BCUT2D eigenvalue weighted by Crippen LogP contribution is -2.17. The second kappa shape index (κ2) is 8.59. The van der Waals surface area contributed by atoms with Crippen LogP contribution in [0.4, 0.5) is 0 Å². The number of amides is 1. The van der Waals surface area contributed by atoms with E-state index >= 15 is 0 Å². The number of aromatic nitrogens is 2. The third kappa shape index (κ3) is 4.04. The molecule has 0 unspecified atom stereocenters. The number of benzene rings is 1. The quantitative estimate of drug-likeness (QED) is 0.403. The van der Waals surface area contributed by atoms with Crippen molar-refractivity contribution in [3.63, 3.8) is 0 Å². The van der Waals surface area contributed by atoms with Crippen molar-refractivity contribution in [1.29, 1.82) is 0 Å². The van der Waals surface area contributed by atoms with E-state index < -0.39 is 12.0 Å². The molecule has 1 aliphatic heterocycles. The number of hydrogen-bond donors (Lipinski definition) is 1. The number of halogens is 1. The first-order valence-corrected chi connectivity index (χ1v) is 11.1. The monoisotopic (exact) mass is 493 g/mol. The van der Waals surface area contributed by atoms with Crippen LogP contribution in [0.3, 0.4) is 0 Å². The Kier molecular flexibility index (Phi) is 5.56. The summed E-state index contributed by atoms with van der Waals surface area (Å²) in [5.41, 5.74) is 7.99. The summed E-state index contributed by atoms with van der Waals surface area (Å²) in [5.74, 6) is 0.605. The molecule has 35 heavy (non-hydrogen) atoms. The van der Waals surface area contributed by atoms with Gasteiger partial charge in [-0.3, -0.25) is 9.59 Å². The molecule has 0 fully saturated rings. The zero-order valence-electron chi connectivity index (χ0n) is 19.0. The van der Waals surface area contributed by atoms with Crippen LogP contribution in [-0.2, 0) is 0 Å². The molecule has 2 N–H and O–H groups in total. The van der Waals surface area contributed by atoms with E-state index in [-0.39, 0.29) is 28.8 Å². The normalized spacial score (nSPS) is 13.1. The molecule has 1 aliphatic rings. The molecular formula is C25H20ClN3O6. The van der Waals surface area contributed by atoms with Crippen molar-refractivity contribution in [2.45, 2.75) is 26.9 Å². The van der Waals surface area contributed by atoms with Crippen LogP contribution in [0.15, 0.2) is 45.7 Å². The molecule has 0 saturated heterocycles. The fourth-order valence-corrected chi connectivity index (χ4v) is 4.16. The van der Waals surface area contributed by atoms with E-state index in [1.165, 1.54) is 12.1 Å². The smallest absolute Gasteiger partial charge is 0.271 e. The van der Waals surface area contributed by atoms with E-state index in [1.807, 2.05) is 13.0 Å². The lowest BCUT2D eigenvalue weighted by atomic mass is 10.00. The standard InChI is InChI=1S/C25H20ClN3O6/c1-11-6-15(13(3)34-17-4-5-19(26)29-20(17)24(27)31)23-16(7-11)21(30)12(2)22(35-23)14-8-18-25(28-9-14)33-10-32-18/h4-9,13H,10H2,1-3H3,(H2,27,31)/t13-/m1/s1. The second-order valence-electron chi connectivity index (χ2n) is 8.15. The third-order valence-corrected chi connectivity index (χ3v) is 5.89. The van der Waals surface area contributed by atoms with Crippen LogP contribution in [-0.4, -0.2) is 22.7 Å². The van der Waals surface area contributed by atoms with Crippen molar-refractivity contribution in [2.75, 3.05) is 6.79 Å². The molecule has 3 aromatic heterocycles. The van der Waals surface area contributed by atoms with E-state index in [2.05, 4.69) is 9.97 Å². The number of carbonyl (C=O) groups is 1. The van der Waals surface area contributed by atoms with Crippen LogP contribution in [0.2, 0.25) is 5.15 Å². The number of rotatable bonds is 5. The highest BCUT2D eigenvalue weighted by Crippen LogP contribution is 2.37. The van der Waals surface area contributed by atoms with Crippen molar-refractivity contribution >= 4 is 28.5 Å². The highest BCUT2D eigenvalue weighted by molar-refractivity contribution is 6.29. The molecule has 9 nitrogen and oxygen atoms in total. The molecule has 0 saturated carbocycles. The first-order chi connectivity index (χ1) is 16.7.